The Bertz CT molecular complexity index is 451. The summed E-state index contributed by atoms with van der Waals surface area (Å²) in [5, 5.41) is 3.22. The minimum absolute atomic E-state index is 0.159. The van der Waals surface area contributed by atoms with Gasteiger partial charge in [0, 0.05) is 19.1 Å². The molecule has 0 aliphatic carbocycles. The number of nitrogens with one attached hydrogen (secondary N) is 1. The molecule has 0 amide bonds. The van der Waals surface area contributed by atoms with Crippen LogP contribution in [0.25, 0.3) is 0 Å². The van der Waals surface area contributed by atoms with E-state index in [0.29, 0.717) is 18.0 Å². The second-order valence-corrected chi connectivity index (χ2v) is 6.33. The maximum Gasteiger partial charge on any atom is 0.149 e. The molecule has 1 N–H and O–H groups in total. The second kappa shape index (κ2) is 7.21. The molecular weight excluding hydrogens is 270 g/mol. The lowest BCUT2D eigenvalue weighted by molar-refractivity contribution is 0.537. The molecule has 1 aromatic carbocycles. The van der Waals surface area contributed by atoms with Gasteiger partial charge in [0.05, 0.1) is 0 Å². The van der Waals surface area contributed by atoms with Crippen molar-refractivity contribution in [1.29, 1.82) is 0 Å². The monoisotopic (exact) mass is 296 g/mol. The van der Waals surface area contributed by atoms with Gasteiger partial charge in [0.25, 0.3) is 0 Å². The number of nitrogens with zero attached hydrogens (tertiary/aromatic N) is 1. The number of rotatable bonds is 6. The molecule has 1 saturated heterocycles. The van der Waals surface area contributed by atoms with Gasteiger partial charge in [-0.1, -0.05) is 20.8 Å². The predicted octanol–water partition coefficient (Wildman–Crippen LogP) is 4.09. The minimum Gasteiger partial charge on any atom is -0.364 e. The van der Waals surface area contributed by atoms with E-state index < -0.39 is 11.6 Å². The Hall–Kier alpha value is -1.16. The Kier molecular flexibility index (Phi) is 5.57. The van der Waals surface area contributed by atoms with Gasteiger partial charge >= 0.3 is 0 Å². The second-order valence-electron chi connectivity index (χ2n) is 6.33. The Balaban J connectivity index is 2.13. The van der Waals surface area contributed by atoms with Crippen LogP contribution >= 0.6 is 0 Å². The highest BCUT2D eigenvalue weighted by molar-refractivity contribution is 5.52. The van der Waals surface area contributed by atoms with Crippen LogP contribution in [-0.4, -0.2) is 19.1 Å². The first kappa shape index (κ1) is 16.2. The molecule has 1 aromatic rings. The molecule has 1 fully saturated rings. The van der Waals surface area contributed by atoms with E-state index in [1.54, 1.807) is 0 Å². The van der Waals surface area contributed by atoms with Crippen molar-refractivity contribution in [3.05, 3.63) is 29.3 Å². The highest BCUT2D eigenvalue weighted by Gasteiger charge is 2.28. The van der Waals surface area contributed by atoms with Crippen molar-refractivity contribution in [2.75, 3.05) is 18.0 Å². The van der Waals surface area contributed by atoms with Crippen LogP contribution in [0, 0.1) is 17.6 Å². The molecule has 1 unspecified atom stereocenters. The molecule has 4 heteroatoms. The SMILES string of the molecule is CCC1CCCN1c1c(F)cc(CNCC(C)C)cc1F. The summed E-state index contributed by atoms with van der Waals surface area (Å²) in [6.45, 7) is 8.38. The first-order chi connectivity index (χ1) is 10.0. The van der Waals surface area contributed by atoms with Crippen LogP contribution in [-0.2, 0) is 6.54 Å². The summed E-state index contributed by atoms with van der Waals surface area (Å²) in [6, 6.07) is 3.20. The lowest BCUT2D eigenvalue weighted by Gasteiger charge is -2.27. The zero-order valence-corrected chi connectivity index (χ0v) is 13.3. The van der Waals surface area contributed by atoms with Crippen LogP contribution in [0.5, 0.6) is 0 Å². The molecule has 0 aromatic heterocycles. The minimum atomic E-state index is -0.434. The van der Waals surface area contributed by atoms with Gasteiger partial charge < -0.3 is 10.2 Å². The van der Waals surface area contributed by atoms with Crippen LogP contribution in [0.15, 0.2) is 12.1 Å². The van der Waals surface area contributed by atoms with E-state index in [9.17, 15) is 8.78 Å². The third kappa shape index (κ3) is 3.94. The number of benzene rings is 1. The molecule has 1 aliphatic heterocycles. The fourth-order valence-electron chi connectivity index (χ4n) is 3.05. The highest BCUT2D eigenvalue weighted by Crippen LogP contribution is 2.32. The van der Waals surface area contributed by atoms with Crippen molar-refractivity contribution in [3.63, 3.8) is 0 Å². The Morgan fingerprint density at radius 3 is 2.52 bits per heavy atom. The van der Waals surface area contributed by atoms with Gasteiger partial charge in [0.15, 0.2) is 0 Å². The van der Waals surface area contributed by atoms with Gasteiger partial charge in [-0.05, 0) is 49.4 Å². The van der Waals surface area contributed by atoms with Crippen molar-refractivity contribution in [1.82, 2.24) is 5.32 Å². The molecule has 0 radical (unpaired) electrons. The fraction of sp³-hybridized carbons (Fsp3) is 0.647. The molecule has 1 heterocycles. The van der Waals surface area contributed by atoms with Gasteiger partial charge in [-0.3, -0.25) is 0 Å². The van der Waals surface area contributed by atoms with Crippen molar-refractivity contribution >= 4 is 5.69 Å². The third-order valence-electron chi connectivity index (χ3n) is 4.09. The number of hydrogen-bond acceptors (Lipinski definition) is 2. The molecule has 2 rings (SSSR count). The van der Waals surface area contributed by atoms with E-state index in [4.69, 9.17) is 0 Å². The highest BCUT2D eigenvalue weighted by atomic mass is 19.1. The van der Waals surface area contributed by atoms with Crippen LogP contribution in [0.4, 0.5) is 14.5 Å². The summed E-state index contributed by atoms with van der Waals surface area (Å²) >= 11 is 0. The maximum atomic E-state index is 14.3. The number of hydrogen-bond donors (Lipinski definition) is 1. The van der Waals surface area contributed by atoms with E-state index >= 15 is 0 Å². The molecule has 118 valence electrons. The molecule has 0 spiro atoms. The number of anilines is 1. The number of halogens is 2. The van der Waals surface area contributed by atoms with Crippen molar-refractivity contribution in [3.8, 4) is 0 Å². The molecule has 1 atom stereocenters. The largest absolute Gasteiger partial charge is 0.364 e. The van der Waals surface area contributed by atoms with Gasteiger partial charge in [-0.25, -0.2) is 8.78 Å². The molecule has 2 nitrogen and oxygen atoms in total. The smallest absolute Gasteiger partial charge is 0.149 e. The van der Waals surface area contributed by atoms with Crippen molar-refractivity contribution < 1.29 is 8.78 Å². The summed E-state index contributed by atoms with van der Waals surface area (Å²) in [5.41, 5.74) is 0.827. The molecule has 0 saturated carbocycles. The van der Waals surface area contributed by atoms with Gasteiger partial charge in [-0.2, -0.15) is 0 Å². The Morgan fingerprint density at radius 1 is 1.29 bits per heavy atom. The van der Waals surface area contributed by atoms with Crippen LogP contribution in [0.3, 0.4) is 0 Å². The first-order valence-corrected chi connectivity index (χ1v) is 7.98. The summed E-state index contributed by atoms with van der Waals surface area (Å²) in [7, 11) is 0. The van der Waals surface area contributed by atoms with E-state index in [-0.39, 0.29) is 11.7 Å². The zero-order valence-electron chi connectivity index (χ0n) is 13.3. The van der Waals surface area contributed by atoms with Gasteiger partial charge in [0.2, 0.25) is 0 Å². The first-order valence-electron chi connectivity index (χ1n) is 7.98. The average molecular weight is 296 g/mol. The van der Waals surface area contributed by atoms with E-state index in [2.05, 4.69) is 26.1 Å². The Morgan fingerprint density at radius 2 is 1.95 bits per heavy atom. The van der Waals surface area contributed by atoms with Crippen molar-refractivity contribution in [2.24, 2.45) is 5.92 Å². The fourth-order valence-corrected chi connectivity index (χ4v) is 3.05. The summed E-state index contributed by atoms with van der Waals surface area (Å²) < 4.78 is 28.7. The van der Waals surface area contributed by atoms with Gasteiger partial charge in [0.1, 0.15) is 17.3 Å². The third-order valence-corrected chi connectivity index (χ3v) is 4.09. The summed E-state index contributed by atoms with van der Waals surface area (Å²) in [5.74, 6) is -0.345. The summed E-state index contributed by atoms with van der Waals surface area (Å²) in [4.78, 5) is 1.90. The van der Waals surface area contributed by atoms with E-state index in [1.807, 2.05) is 4.90 Å². The maximum absolute atomic E-state index is 14.3. The standard InChI is InChI=1S/C17H26F2N2/c1-4-14-6-5-7-21(14)17-15(18)8-13(9-16(17)19)11-20-10-12(2)3/h8-9,12,14,20H,4-7,10-11H2,1-3H3. The molecule has 0 bridgehead atoms. The quantitative estimate of drug-likeness (QED) is 0.850. The average Bonchev–Trinajstić information content (AvgIpc) is 2.85. The lowest BCUT2D eigenvalue weighted by Crippen LogP contribution is -2.30. The van der Waals surface area contributed by atoms with Crippen LogP contribution in [0.2, 0.25) is 0 Å². The van der Waals surface area contributed by atoms with Gasteiger partial charge in [-0.15, -0.1) is 0 Å². The van der Waals surface area contributed by atoms with E-state index in [1.165, 1.54) is 12.1 Å². The lowest BCUT2D eigenvalue weighted by atomic mass is 10.1. The van der Waals surface area contributed by atoms with Crippen molar-refractivity contribution in [2.45, 2.75) is 52.6 Å². The van der Waals surface area contributed by atoms with Crippen LogP contribution in [0.1, 0.15) is 45.6 Å². The molecule has 21 heavy (non-hydrogen) atoms. The molecule has 1 aliphatic rings. The predicted molar refractivity (Wildman–Crippen MR) is 83.6 cm³/mol. The normalized spacial score (nSPS) is 18.8. The zero-order chi connectivity index (χ0) is 15.4. The van der Waals surface area contributed by atoms with E-state index in [0.717, 1.165) is 32.4 Å². The van der Waals surface area contributed by atoms with Crippen LogP contribution < -0.4 is 10.2 Å². The summed E-state index contributed by atoms with van der Waals surface area (Å²) in [6.07, 6.45) is 2.96. The molecular formula is C17H26F2N2. The topological polar surface area (TPSA) is 15.3 Å². The Labute approximate surface area is 126 Å².